The highest BCUT2D eigenvalue weighted by atomic mass is 32.2. The SMILES string of the molecule is CCn1nc(SCC(=O)Nc2cccc(C)c2)n2c(=O)c3c(nc12)-c1ccccc1C[C@@]3(C)CC. The molecule has 0 saturated heterocycles. The number of carbonyl (C=O) groups is 1. The third kappa shape index (κ3) is 4.05. The highest BCUT2D eigenvalue weighted by Crippen LogP contribution is 2.42. The lowest BCUT2D eigenvalue weighted by Crippen LogP contribution is -2.38. The number of hydrogen-bond donors (Lipinski definition) is 1. The summed E-state index contributed by atoms with van der Waals surface area (Å²) in [4.78, 5) is 31.7. The number of fused-ring (bicyclic) bond motifs is 4. The van der Waals surface area contributed by atoms with Crippen molar-refractivity contribution >= 4 is 29.1 Å². The van der Waals surface area contributed by atoms with Crippen molar-refractivity contribution in [2.75, 3.05) is 11.1 Å². The lowest BCUT2D eigenvalue weighted by molar-refractivity contribution is -0.113. The maximum atomic E-state index is 14.0. The predicted octanol–water partition coefficient (Wildman–Crippen LogP) is 4.84. The molecule has 1 N–H and O–H groups in total. The Balaban J connectivity index is 1.57. The fraction of sp³-hybridized carbons (Fsp3) is 0.333. The van der Waals surface area contributed by atoms with E-state index in [1.54, 1.807) is 9.08 Å². The average molecular weight is 488 g/mol. The molecule has 2 aromatic heterocycles. The van der Waals surface area contributed by atoms with Crippen LogP contribution >= 0.6 is 11.8 Å². The largest absolute Gasteiger partial charge is 0.325 e. The van der Waals surface area contributed by atoms with Gasteiger partial charge in [-0.05, 0) is 49.9 Å². The average Bonchev–Trinajstić information content (AvgIpc) is 3.21. The summed E-state index contributed by atoms with van der Waals surface area (Å²) in [5, 5.41) is 8.07. The van der Waals surface area contributed by atoms with Gasteiger partial charge in [0.05, 0.1) is 17.0 Å². The number of benzene rings is 2. The molecule has 2 heterocycles. The van der Waals surface area contributed by atoms with E-state index in [4.69, 9.17) is 4.98 Å². The van der Waals surface area contributed by atoms with Crippen LogP contribution in [0.1, 0.15) is 43.9 Å². The second-order valence-electron chi connectivity index (χ2n) is 9.33. The molecule has 0 fully saturated rings. The van der Waals surface area contributed by atoms with Gasteiger partial charge in [-0.25, -0.2) is 14.1 Å². The molecule has 0 saturated carbocycles. The number of anilines is 1. The van der Waals surface area contributed by atoms with E-state index in [2.05, 4.69) is 30.3 Å². The van der Waals surface area contributed by atoms with E-state index >= 15 is 0 Å². The second kappa shape index (κ2) is 9.00. The summed E-state index contributed by atoms with van der Waals surface area (Å²) in [5.74, 6) is 0.500. The number of thioether (sulfide) groups is 1. The summed E-state index contributed by atoms with van der Waals surface area (Å²) >= 11 is 1.25. The minimum Gasteiger partial charge on any atom is -0.325 e. The topological polar surface area (TPSA) is 81.3 Å². The van der Waals surface area contributed by atoms with Crippen LogP contribution in [0.2, 0.25) is 0 Å². The molecule has 1 atom stereocenters. The van der Waals surface area contributed by atoms with E-state index in [9.17, 15) is 9.59 Å². The van der Waals surface area contributed by atoms with Crippen molar-refractivity contribution in [3.8, 4) is 11.3 Å². The zero-order valence-electron chi connectivity index (χ0n) is 20.5. The van der Waals surface area contributed by atoms with Crippen molar-refractivity contribution in [1.29, 1.82) is 0 Å². The number of amides is 1. The minimum atomic E-state index is -0.326. The van der Waals surface area contributed by atoms with Gasteiger partial charge in [-0.15, -0.1) is 5.10 Å². The van der Waals surface area contributed by atoms with Crippen LogP contribution in [0.4, 0.5) is 5.69 Å². The van der Waals surface area contributed by atoms with Crippen LogP contribution in [0.3, 0.4) is 0 Å². The number of rotatable bonds is 6. The van der Waals surface area contributed by atoms with E-state index < -0.39 is 0 Å². The van der Waals surface area contributed by atoms with Gasteiger partial charge in [0.25, 0.3) is 5.56 Å². The van der Waals surface area contributed by atoms with E-state index in [0.717, 1.165) is 40.9 Å². The molecule has 7 nitrogen and oxygen atoms in total. The van der Waals surface area contributed by atoms with Gasteiger partial charge in [-0.1, -0.05) is 62.0 Å². The van der Waals surface area contributed by atoms with Crippen LogP contribution in [0.15, 0.2) is 58.5 Å². The summed E-state index contributed by atoms with van der Waals surface area (Å²) in [6, 6.07) is 15.9. The normalized spacial score (nSPS) is 16.7. The Morgan fingerprint density at radius 1 is 1.17 bits per heavy atom. The Morgan fingerprint density at radius 3 is 2.71 bits per heavy atom. The van der Waals surface area contributed by atoms with Gasteiger partial charge < -0.3 is 5.32 Å². The first kappa shape index (κ1) is 23.4. The Kier molecular flexibility index (Phi) is 6.01. The molecule has 8 heteroatoms. The number of aryl methyl sites for hydroxylation is 2. The molecule has 0 aliphatic heterocycles. The molecule has 1 aliphatic carbocycles. The molecule has 2 aromatic carbocycles. The van der Waals surface area contributed by atoms with Crippen molar-refractivity contribution in [2.24, 2.45) is 0 Å². The number of hydrogen-bond acceptors (Lipinski definition) is 5. The fourth-order valence-corrected chi connectivity index (χ4v) is 5.64. The van der Waals surface area contributed by atoms with Gasteiger partial charge >= 0.3 is 0 Å². The highest BCUT2D eigenvalue weighted by molar-refractivity contribution is 7.99. The molecule has 0 unspecified atom stereocenters. The van der Waals surface area contributed by atoms with Crippen LogP contribution in [-0.2, 0) is 23.2 Å². The molecule has 1 aliphatic rings. The minimum absolute atomic E-state index is 0.0925. The lowest BCUT2D eigenvalue weighted by Gasteiger charge is -2.35. The van der Waals surface area contributed by atoms with Crippen molar-refractivity contribution in [2.45, 2.75) is 57.7 Å². The first-order chi connectivity index (χ1) is 16.8. The van der Waals surface area contributed by atoms with Crippen molar-refractivity contribution in [3.63, 3.8) is 0 Å². The Bertz CT molecular complexity index is 1510. The zero-order chi connectivity index (χ0) is 24.7. The lowest BCUT2D eigenvalue weighted by atomic mass is 9.69. The number of aromatic nitrogens is 4. The van der Waals surface area contributed by atoms with Crippen LogP contribution in [0, 0.1) is 6.92 Å². The summed E-state index contributed by atoms with van der Waals surface area (Å²) in [6.07, 6.45) is 1.61. The van der Waals surface area contributed by atoms with Crippen LogP contribution in [0.25, 0.3) is 17.0 Å². The smallest absolute Gasteiger partial charge is 0.265 e. The zero-order valence-corrected chi connectivity index (χ0v) is 21.3. The second-order valence-corrected chi connectivity index (χ2v) is 10.3. The van der Waals surface area contributed by atoms with Gasteiger partial charge in [0.2, 0.25) is 11.7 Å². The third-order valence-electron chi connectivity index (χ3n) is 6.86. The van der Waals surface area contributed by atoms with Crippen LogP contribution in [0.5, 0.6) is 0 Å². The maximum absolute atomic E-state index is 14.0. The van der Waals surface area contributed by atoms with Gasteiger partial charge in [-0.3, -0.25) is 9.59 Å². The molecule has 1 amide bonds. The molecule has 0 bridgehead atoms. The monoisotopic (exact) mass is 487 g/mol. The van der Waals surface area contributed by atoms with Crippen LogP contribution in [-0.4, -0.2) is 30.8 Å². The third-order valence-corrected chi connectivity index (χ3v) is 7.79. The predicted molar refractivity (Wildman–Crippen MR) is 140 cm³/mol. The van der Waals surface area contributed by atoms with E-state index in [-0.39, 0.29) is 22.6 Å². The summed E-state index contributed by atoms with van der Waals surface area (Å²) in [7, 11) is 0. The van der Waals surface area contributed by atoms with Gasteiger partial charge in [0.1, 0.15) is 0 Å². The highest BCUT2D eigenvalue weighted by Gasteiger charge is 2.38. The standard InChI is InChI=1S/C27H29N5O2S/c1-5-27(4)15-18-11-7-8-13-20(18)23-22(27)24(34)32-25(29-23)31(6-2)30-26(32)35-16-21(33)28-19-12-9-10-17(3)14-19/h7-14H,5-6,15-16H2,1-4H3,(H,28,33)/t27-/m1/s1. The molecule has 4 aromatic rings. The molecule has 5 rings (SSSR count). The molecule has 0 spiro atoms. The number of nitrogens with one attached hydrogen (secondary N) is 1. The first-order valence-electron chi connectivity index (χ1n) is 12.0. The van der Waals surface area contributed by atoms with Gasteiger partial charge in [0.15, 0.2) is 5.16 Å². The Hall–Kier alpha value is -3.39. The van der Waals surface area contributed by atoms with Crippen LogP contribution < -0.4 is 10.9 Å². The Morgan fingerprint density at radius 2 is 1.97 bits per heavy atom. The Labute approximate surface area is 208 Å². The summed E-state index contributed by atoms with van der Waals surface area (Å²) in [5.41, 5.74) is 5.13. The summed E-state index contributed by atoms with van der Waals surface area (Å²) < 4.78 is 3.33. The van der Waals surface area contributed by atoms with E-state index in [1.807, 2.05) is 56.3 Å². The number of carbonyl (C=O) groups excluding carboxylic acids is 1. The molecule has 180 valence electrons. The van der Waals surface area contributed by atoms with Crippen molar-refractivity contribution in [1.82, 2.24) is 19.2 Å². The molecule has 0 radical (unpaired) electrons. The molecule has 35 heavy (non-hydrogen) atoms. The van der Waals surface area contributed by atoms with Crippen molar-refractivity contribution < 1.29 is 4.79 Å². The van der Waals surface area contributed by atoms with Crippen molar-refractivity contribution in [3.05, 3.63) is 75.6 Å². The molecular weight excluding hydrogens is 458 g/mol. The van der Waals surface area contributed by atoms with Gasteiger partial charge in [0, 0.05) is 23.2 Å². The van der Waals surface area contributed by atoms with E-state index in [1.165, 1.54) is 17.3 Å². The van der Waals surface area contributed by atoms with E-state index in [0.29, 0.717) is 17.5 Å². The number of nitrogens with zero attached hydrogens (tertiary/aromatic N) is 4. The molecular formula is C27H29N5O2S. The fourth-order valence-electron chi connectivity index (χ4n) is 4.86. The quantitative estimate of drug-likeness (QED) is 0.394. The van der Waals surface area contributed by atoms with Gasteiger partial charge in [-0.2, -0.15) is 0 Å². The summed E-state index contributed by atoms with van der Waals surface area (Å²) in [6.45, 7) is 8.78. The first-order valence-corrected chi connectivity index (χ1v) is 12.9. The maximum Gasteiger partial charge on any atom is 0.265 e.